The average molecular weight is 1660 g/mol. The lowest BCUT2D eigenvalue weighted by molar-refractivity contribution is -0.130. The standard InChI is InChI=1S/C34H36FN3O4.C33H33FN4O3.C32H31FN4O3/c1-33(2,21-42-3)31-30(22-5-7-23(8-6-22)32(40)37-14-4-13-34(41,19-37)20-39)28-15-24-17-36-18-25(24)16-29(28)38(31)27-11-9-26(35)10-12-27;1-33(2,19-41-3)30-29(20-6-8-21(9-7-20)31(39)37-27-5-4-14-36-32(27)40)26-15-22-17-35-18-23(22)16-28(26)38(30)25-12-10-24(34)11-13-25;1-18-28(31(39)35-18)36-30(38)20-7-5-19(6-8-20)27-25-13-21-15-34-16-22(21)14-26(25)37(24-11-9-23(33)10-12-24)29(27)32(2,3)17-40-4/h5-12,15-16,18,39,41H,4,13-14,17,19-21H2,1-3H3;6-13,15-16,18,27H,4-5,14,17,19H2,1-3H3,(H,36,40)(H,37,39);5-14,16,18,28H,15,17H2,1-4H3,(H,35,39)(H,36,38)/t;;18-,28-/m..0/s1. The van der Waals surface area contributed by atoms with E-state index in [4.69, 9.17) is 14.2 Å². The molecule has 0 aliphatic carbocycles. The molecule has 3 saturated heterocycles. The molecular weight excluding hydrogens is 1560 g/mol. The molecule has 6 aliphatic rings. The van der Waals surface area contributed by atoms with E-state index in [1.165, 1.54) is 36.4 Å². The van der Waals surface area contributed by atoms with Gasteiger partial charge in [0.25, 0.3) is 17.7 Å². The Hall–Kier alpha value is -12.5. The van der Waals surface area contributed by atoms with Gasteiger partial charge in [-0.15, -0.1) is 0 Å². The van der Waals surface area contributed by atoms with Gasteiger partial charge in [0, 0.05) is 153 Å². The normalized spacial score (nSPS) is 17.7. The molecule has 0 radical (unpaired) electrons. The number of nitrogens with zero attached hydrogens (tertiary/aromatic N) is 7. The lowest BCUT2D eigenvalue weighted by Gasteiger charge is -2.38. The number of β-lactam (4-membered cyclic amide) rings is 1. The number of hydrogen-bond donors (Lipinski definition) is 6. The number of aliphatic hydroxyl groups excluding tert-OH is 1. The number of aliphatic hydroxyl groups is 2. The van der Waals surface area contributed by atoms with Crippen LogP contribution in [-0.2, 0) is 59.7 Å². The van der Waals surface area contributed by atoms with E-state index in [-0.39, 0.29) is 66.2 Å². The summed E-state index contributed by atoms with van der Waals surface area (Å²) in [4.78, 5) is 78.3. The van der Waals surface area contributed by atoms with Crippen molar-refractivity contribution in [1.29, 1.82) is 0 Å². The van der Waals surface area contributed by atoms with Gasteiger partial charge in [0.05, 0.1) is 75.2 Å². The van der Waals surface area contributed by atoms with E-state index in [1.54, 1.807) is 86.9 Å². The maximum Gasteiger partial charge on any atom is 0.253 e. The molecule has 6 N–H and O–H groups in total. The lowest BCUT2D eigenvalue weighted by atomic mass is 9.84. The Kier molecular flexibility index (Phi) is 23.3. The van der Waals surface area contributed by atoms with Crippen LogP contribution in [0.1, 0.15) is 156 Å². The van der Waals surface area contributed by atoms with Crippen LogP contribution in [0.4, 0.5) is 13.2 Å². The minimum atomic E-state index is -1.26. The molecule has 5 amide bonds. The van der Waals surface area contributed by atoms with Gasteiger partial charge in [0.1, 0.15) is 35.1 Å². The summed E-state index contributed by atoms with van der Waals surface area (Å²) < 4.78 is 65.6. The number of β-amino-alcohol motifs (C(OH)–C–C–N with tert-alkyl or cyclic N) is 1. The van der Waals surface area contributed by atoms with Gasteiger partial charge in [-0.2, -0.15) is 0 Å². The highest BCUT2D eigenvalue weighted by molar-refractivity contribution is 6.08. The molecule has 24 heteroatoms. The summed E-state index contributed by atoms with van der Waals surface area (Å²) in [6.07, 6.45) is 8.26. The number of methoxy groups -OCH3 is 3. The van der Waals surface area contributed by atoms with Crippen molar-refractivity contribution in [2.75, 3.05) is 67.4 Å². The number of carbonyl (C=O) groups excluding carboxylic acids is 5. The maximum absolute atomic E-state index is 14.0. The summed E-state index contributed by atoms with van der Waals surface area (Å²) in [5.41, 5.74) is 20.0. The second-order valence-corrected chi connectivity index (χ2v) is 34.8. The number of hydrogen-bond acceptors (Lipinski definition) is 13. The van der Waals surface area contributed by atoms with Gasteiger partial charge in [0.2, 0.25) is 11.8 Å². The number of nitrogens with one attached hydrogen (secondary N) is 4. The van der Waals surface area contributed by atoms with Crippen LogP contribution in [0, 0.1) is 17.5 Å². The number of halogens is 3. The number of aliphatic imine (C=N–C) groups is 3. The Bertz CT molecular complexity index is 6210. The van der Waals surface area contributed by atoms with Crippen molar-refractivity contribution in [3.05, 3.63) is 267 Å². The van der Waals surface area contributed by atoms with E-state index in [2.05, 4.69) is 128 Å². The Morgan fingerprint density at radius 1 is 0.504 bits per heavy atom. The van der Waals surface area contributed by atoms with Crippen LogP contribution in [-0.4, -0.2) is 168 Å². The van der Waals surface area contributed by atoms with Crippen LogP contribution in [0.25, 0.3) is 83.2 Å². The molecule has 12 aromatic rings. The number of amides is 5. The Labute approximate surface area is 711 Å². The lowest BCUT2D eigenvalue weighted by Crippen LogP contribution is -2.67. The highest BCUT2D eigenvalue weighted by atomic mass is 19.1. The molecule has 2 unspecified atom stereocenters. The Morgan fingerprint density at radius 2 is 0.870 bits per heavy atom. The van der Waals surface area contributed by atoms with Gasteiger partial charge < -0.3 is 64.3 Å². The predicted octanol–water partition coefficient (Wildman–Crippen LogP) is 15.5. The van der Waals surface area contributed by atoms with Crippen LogP contribution in [0.5, 0.6) is 0 Å². The van der Waals surface area contributed by atoms with E-state index in [0.717, 1.165) is 140 Å². The van der Waals surface area contributed by atoms with Crippen molar-refractivity contribution in [1.82, 2.24) is 39.9 Å². The molecule has 18 rings (SSSR count). The van der Waals surface area contributed by atoms with Crippen molar-refractivity contribution >= 4 is 80.9 Å². The summed E-state index contributed by atoms with van der Waals surface area (Å²) in [7, 11) is 5.07. The minimum absolute atomic E-state index is 0.0930. The van der Waals surface area contributed by atoms with Gasteiger partial charge in [-0.3, -0.25) is 38.9 Å². The third-order valence-corrected chi connectivity index (χ3v) is 24.3. The summed E-state index contributed by atoms with van der Waals surface area (Å²) in [5.74, 6) is -1.94. The number of ether oxygens (including phenoxy) is 3. The zero-order valence-corrected chi connectivity index (χ0v) is 70.6. The van der Waals surface area contributed by atoms with E-state index in [0.29, 0.717) is 88.5 Å². The molecule has 632 valence electrons. The number of rotatable bonds is 21. The number of piperidine rings is 2. The molecule has 21 nitrogen and oxygen atoms in total. The van der Waals surface area contributed by atoms with Crippen molar-refractivity contribution < 1.29 is 61.6 Å². The van der Waals surface area contributed by atoms with Gasteiger partial charge in [0.15, 0.2) is 0 Å². The highest BCUT2D eigenvalue weighted by Crippen LogP contribution is 2.49. The van der Waals surface area contributed by atoms with Crippen LogP contribution >= 0.6 is 0 Å². The monoisotopic (exact) mass is 1660 g/mol. The van der Waals surface area contributed by atoms with Crippen molar-refractivity contribution in [3.8, 4) is 50.4 Å². The number of fused-ring (bicyclic) bond motifs is 6. The first-order valence-corrected chi connectivity index (χ1v) is 41.6. The SMILES string of the molecule is COCC(C)(C)c1c(-c2ccc(C(=O)N3CCCC(O)(CO)C3)cc2)c2cc3c(cc2n1-c1ccc(F)cc1)C=NC3.COCC(C)(C)c1c(-c2ccc(C(=O)NC3CCCNC3=O)cc2)c2cc3c(cc2n1-c1ccc(F)cc1)C=NC3.COCC(C)(C)c1c(-c2ccc(C(=O)N[C@@H]3C(=O)N[C@H]3C)cc2)c2cc3c(cc2n1-c1ccc(F)cc1)C=NC3. The van der Waals surface area contributed by atoms with Crippen molar-refractivity contribution in [2.45, 2.75) is 134 Å². The number of carbonyl (C=O) groups is 5. The van der Waals surface area contributed by atoms with Gasteiger partial charge >= 0.3 is 0 Å². The molecule has 0 spiro atoms. The first-order chi connectivity index (χ1) is 59.1. The smallest absolute Gasteiger partial charge is 0.253 e. The maximum atomic E-state index is 14.0. The Balaban J connectivity index is 0.000000137. The molecule has 0 saturated carbocycles. The zero-order chi connectivity index (χ0) is 86.6. The molecule has 3 fully saturated rings. The number of aromatic nitrogens is 3. The predicted molar refractivity (Wildman–Crippen MR) is 474 cm³/mol. The topological polar surface area (TPSA) is 257 Å². The molecule has 9 heterocycles. The van der Waals surface area contributed by atoms with Crippen molar-refractivity contribution in [3.63, 3.8) is 0 Å². The second kappa shape index (κ2) is 34.1. The second-order valence-electron chi connectivity index (χ2n) is 34.8. The van der Waals surface area contributed by atoms with E-state index in [1.807, 2.05) is 74.1 Å². The number of likely N-dealkylation sites (tertiary alicyclic amines) is 1. The highest BCUT2D eigenvalue weighted by Gasteiger charge is 2.41. The summed E-state index contributed by atoms with van der Waals surface area (Å²) >= 11 is 0. The summed E-state index contributed by atoms with van der Waals surface area (Å²) in [5, 5.41) is 34.6. The minimum Gasteiger partial charge on any atom is -0.393 e. The molecule has 4 atom stereocenters. The van der Waals surface area contributed by atoms with Gasteiger partial charge in [-0.1, -0.05) is 77.9 Å². The van der Waals surface area contributed by atoms with Crippen LogP contribution in [0.3, 0.4) is 0 Å². The van der Waals surface area contributed by atoms with Crippen LogP contribution < -0.4 is 21.3 Å². The largest absolute Gasteiger partial charge is 0.393 e. The first-order valence-electron chi connectivity index (χ1n) is 41.6. The fraction of sp³-hybridized carbons (Fsp3) is 0.313. The van der Waals surface area contributed by atoms with Gasteiger partial charge in [-0.25, -0.2) is 13.2 Å². The molecule has 123 heavy (non-hydrogen) atoms. The van der Waals surface area contributed by atoms with E-state index < -0.39 is 33.9 Å². The fourth-order valence-corrected chi connectivity index (χ4v) is 18.4. The molecule has 0 bridgehead atoms. The third kappa shape index (κ3) is 16.4. The first kappa shape index (κ1) is 84.2. The van der Waals surface area contributed by atoms with E-state index in [9.17, 15) is 47.4 Å². The zero-order valence-electron chi connectivity index (χ0n) is 70.6. The fourth-order valence-electron chi connectivity index (χ4n) is 18.4. The molecule has 9 aromatic carbocycles. The van der Waals surface area contributed by atoms with Gasteiger partial charge in [-0.05, 0) is 228 Å². The summed E-state index contributed by atoms with van der Waals surface area (Å²) in [6.45, 7) is 18.8. The molecular formula is C99H100F3N11O10. The van der Waals surface area contributed by atoms with Crippen LogP contribution in [0.2, 0.25) is 0 Å². The van der Waals surface area contributed by atoms with E-state index >= 15 is 0 Å². The van der Waals surface area contributed by atoms with Crippen molar-refractivity contribution in [2.24, 2.45) is 15.0 Å². The molecule has 6 aliphatic heterocycles. The third-order valence-electron chi connectivity index (χ3n) is 24.3. The van der Waals surface area contributed by atoms with Crippen LogP contribution in [0.15, 0.2) is 197 Å². The number of benzene rings is 9. The Morgan fingerprint density at radius 3 is 1.21 bits per heavy atom. The average Bonchev–Trinajstić information content (AvgIpc) is 1.57. The molecule has 3 aromatic heterocycles. The summed E-state index contributed by atoms with van der Waals surface area (Å²) in [6, 6.07) is 54.1. The quantitative estimate of drug-likeness (QED) is 0.0371.